The van der Waals surface area contributed by atoms with Gasteiger partial charge in [0.25, 0.3) is 0 Å². The summed E-state index contributed by atoms with van der Waals surface area (Å²) in [6.07, 6.45) is 3.99. The van der Waals surface area contributed by atoms with E-state index in [1.54, 1.807) is 4.90 Å². The highest BCUT2D eigenvalue weighted by molar-refractivity contribution is 5.91. The van der Waals surface area contributed by atoms with Gasteiger partial charge in [-0.15, -0.1) is 0 Å². The third kappa shape index (κ3) is 2.57. The van der Waals surface area contributed by atoms with Crippen molar-refractivity contribution in [3.05, 3.63) is 0 Å². The van der Waals surface area contributed by atoms with Crippen molar-refractivity contribution in [3.8, 4) is 0 Å². The van der Waals surface area contributed by atoms with E-state index in [4.69, 9.17) is 5.11 Å². The molecule has 3 rings (SSSR count). The molecule has 0 aromatic heterocycles. The summed E-state index contributed by atoms with van der Waals surface area (Å²) in [4.78, 5) is 36.7. The number of carboxylic acids is 1. The first kappa shape index (κ1) is 12.4. The van der Waals surface area contributed by atoms with Gasteiger partial charge in [0.1, 0.15) is 6.04 Å². The van der Waals surface area contributed by atoms with Crippen molar-refractivity contribution in [2.75, 3.05) is 6.54 Å². The van der Waals surface area contributed by atoms with Crippen LogP contribution in [0.1, 0.15) is 32.1 Å². The zero-order chi connectivity index (χ0) is 13.6. The number of nitrogens with zero attached hydrogens (tertiary/aromatic N) is 1. The van der Waals surface area contributed by atoms with Gasteiger partial charge in [-0.05, 0) is 31.6 Å². The number of aliphatic carboxylic acids is 1. The molecule has 0 aromatic rings. The van der Waals surface area contributed by atoms with E-state index in [9.17, 15) is 14.4 Å². The Hall–Kier alpha value is -1.59. The molecule has 3 aliphatic rings. The maximum absolute atomic E-state index is 12.1. The van der Waals surface area contributed by atoms with Gasteiger partial charge in [-0.2, -0.15) is 0 Å². The number of hydrogen-bond donors (Lipinski definition) is 2. The summed E-state index contributed by atoms with van der Waals surface area (Å²) >= 11 is 0. The first-order valence-corrected chi connectivity index (χ1v) is 6.89. The second-order valence-corrected chi connectivity index (χ2v) is 5.84. The number of rotatable bonds is 5. The van der Waals surface area contributed by atoms with E-state index in [-0.39, 0.29) is 30.1 Å². The van der Waals surface area contributed by atoms with Crippen molar-refractivity contribution in [2.24, 2.45) is 11.8 Å². The fraction of sp³-hybridized carbons (Fsp3) is 0.769. The molecule has 6 nitrogen and oxygen atoms in total. The van der Waals surface area contributed by atoms with Gasteiger partial charge in [0, 0.05) is 19.0 Å². The zero-order valence-corrected chi connectivity index (χ0v) is 10.7. The van der Waals surface area contributed by atoms with Crippen molar-refractivity contribution in [1.82, 2.24) is 10.2 Å². The first-order chi connectivity index (χ1) is 9.06. The molecule has 0 radical (unpaired) electrons. The largest absolute Gasteiger partial charge is 0.480 e. The summed E-state index contributed by atoms with van der Waals surface area (Å²) in [7, 11) is 0. The molecule has 0 aromatic carbocycles. The second-order valence-electron chi connectivity index (χ2n) is 5.84. The summed E-state index contributed by atoms with van der Waals surface area (Å²) in [5, 5.41) is 11.7. The molecule has 19 heavy (non-hydrogen) atoms. The lowest BCUT2D eigenvalue weighted by Gasteiger charge is -2.18. The summed E-state index contributed by atoms with van der Waals surface area (Å²) in [6, 6.07) is -0.457. The Labute approximate surface area is 111 Å². The van der Waals surface area contributed by atoms with Crippen LogP contribution in [-0.4, -0.2) is 46.4 Å². The lowest BCUT2D eigenvalue weighted by atomic mass is 10.1. The van der Waals surface area contributed by atoms with E-state index in [0.717, 1.165) is 25.7 Å². The molecule has 2 aliphatic carbocycles. The minimum atomic E-state index is -0.973. The van der Waals surface area contributed by atoms with E-state index in [2.05, 4.69) is 5.32 Å². The molecule has 2 amide bonds. The maximum Gasteiger partial charge on any atom is 0.326 e. The lowest BCUT2D eigenvalue weighted by molar-refractivity contribution is -0.143. The minimum absolute atomic E-state index is 0.0287. The van der Waals surface area contributed by atoms with Crippen LogP contribution >= 0.6 is 0 Å². The van der Waals surface area contributed by atoms with Crippen LogP contribution in [0.3, 0.4) is 0 Å². The zero-order valence-electron chi connectivity index (χ0n) is 10.7. The quantitative estimate of drug-likeness (QED) is 0.732. The van der Waals surface area contributed by atoms with Crippen LogP contribution < -0.4 is 5.32 Å². The molecule has 2 atom stereocenters. The fourth-order valence-electron chi connectivity index (χ4n) is 2.73. The molecule has 1 saturated heterocycles. The molecule has 3 fully saturated rings. The van der Waals surface area contributed by atoms with Crippen LogP contribution in [-0.2, 0) is 14.4 Å². The van der Waals surface area contributed by atoms with Crippen molar-refractivity contribution in [2.45, 2.75) is 44.2 Å². The minimum Gasteiger partial charge on any atom is -0.480 e. The molecule has 2 unspecified atom stereocenters. The normalized spacial score (nSPS) is 28.3. The van der Waals surface area contributed by atoms with Gasteiger partial charge in [-0.25, -0.2) is 4.79 Å². The molecule has 2 saturated carbocycles. The van der Waals surface area contributed by atoms with Crippen LogP contribution in [0.2, 0.25) is 0 Å². The standard InChI is InChI=1S/C13H18N2O4/c16-10-5-8(6-15(10)9-3-4-9)12(17)14-11(13(18)19)7-1-2-7/h7-9,11H,1-6H2,(H,14,17)(H,18,19). The highest BCUT2D eigenvalue weighted by Gasteiger charge is 2.44. The van der Waals surface area contributed by atoms with Gasteiger partial charge in [-0.3, -0.25) is 9.59 Å². The molecule has 6 heteroatoms. The van der Waals surface area contributed by atoms with Gasteiger partial charge in [0.15, 0.2) is 0 Å². The van der Waals surface area contributed by atoms with Crippen LogP contribution in [0.4, 0.5) is 0 Å². The van der Waals surface area contributed by atoms with Crippen LogP contribution in [0.15, 0.2) is 0 Å². The van der Waals surface area contributed by atoms with Gasteiger partial charge < -0.3 is 15.3 Å². The van der Waals surface area contributed by atoms with Gasteiger partial charge in [0.05, 0.1) is 5.92 Å². The molecule has 104 valence electrons. The van der Waals surface area contributed by atoms with E-state index in [1.807, 2.05) is 0 Å². The van der Waals surface area contributed by atoms with E-state index < -0.39 is 12.0 Å². The Bertz CT molecular complexity index is 428. The highest BCUT2D eigenvalue weighted by Crippen LogP contribution is 2.34. The number of carbonyl (C=O) groups is 3. The number of nitrogens with one attached hydrogen (secondary N) is 1. The van der Waals surface area contributed by atoms with Crippen molar-refractivity contribution < 1.29 is 19.5 Å². The van der Waals surface area contributed by atoms with Gasteiger partial charge in [0.2, 0.25) is 11.8 Å². The van der Waals surface area contributed by atoms with Crippen LogP contribution in [0.5, 0.6) is 0 Å². The maximum atomic E-state index is 12.1. The highest BCUT2D eigenvalue weighted by atomic mass is 16.4. The summed E-state index contributed by atoms with van der Waals surface area (Å²) in [5.41, 5.74) is 0. The molecular formula is C13H18N2O4. The van der Waals surface area contributed by atoms with Crippen LogP contribution in [0.25, 0.3) is 0 Å². The van der Waals surface area contributed by atoms with E-state index in [0.29, 0.717) is 12.6 Å². The Morgan fingerprint density at radius 2 is 1.95 bits per heavy atom. The third-order valence-electron chi connectivity index (χ3n) is 4.17. The Morgan fingerprint density at radius 3 is 2.47 bits per heavy atom. The van der Waals surface area contributed by atoms with E-state index in [1.165, 1.54) is 0 Å². The third-order valence-corrected chi connectivity index (χ3v) is 4.17. The average Bonchev–Trinajstić information content (AvgIpc) is 3.24. The van der Waals surface area contributed by atoms with Crippen molar-refractivity contribution in [3.63, 3.8) is 0 Å². The Kier molecular flexibility index (Phi) is 2.95. The average molecular weight is 266 g/mol. The van der Waals surface area contributed by atoms with Crippen molar-refractivity contribution in [1.29, 1.82) is 0 Å². The predicted octanol–water partition coefficient (Wildman–Crippen LogP) is -0.0233. The summed E-state index contributed by atoms with van der Waals surface area (Å²) < 4.78 is 0. The molecule has 2 N–H and O–H groups in total. The SMILES string of the molecule is O=C(NC(C(=O)O)C1CC1)C1CC(=O)N(C2CC2)C1. The van der Waals surface area contributed by atoms with Gasteiger partial charge in [-0.1, -0.05) is 0 Å². The van der Waals surface area contributed by atoms with Gasteiger partial charge >= 0.3 is 5.97 Å². The van der Waals surface area contributed by atoms with Crippen LogP contribution in [0, 0.1) is 11.8 Å². The number of amides is 2. The lowest BCUT2D eigenvalue weighted by Crippen LogP contribution is -2.45. The Morgan fingerprint density at radius 1 is 1.26 bits per heavy atom. The first-order valence-electron chi connectivity index (χ1n) is 6.89. The number of hydrogen-bond acceptors (Lipinski definition) is 3. The summed E-state index contributed by atoms with van der Waals surface area (Å²) in [5.74, 6) is -1.54. The molecule has 0 spiro atoms. The molecular weight excluding hydrogens is 248 g/mol. The summed E-state index contributed by atoms with van der Waals surface area (Å²) in [6.45, 7) is 0.451. The Balaban J connectivity index is 1.58. The number of carbonyl (C=O) groups excluding carboxylic acids is 2. The fourth-order valence-corrected chi connectivity index (χ4v) is 2.73. The smallest absolute Gasteiger partial charge is 0.326 e. The predicted molar refractivity (Wildman–Crippen MR) is 65.1 cm³/mol. The second kappa shape index (κ2) is 4.51. The topological polar surface area (TPSA) is 86.7 Å². The monoisotopic (exact) mass is 266 g/mol. The number of carboxylic acid groups (broad SMARTS) is 1. The number of likely N-dealkylation sites (tertiary alicyclic amines) is 1. The van der Waals surface area contributed by atoms with E-state index >= 15 is 0 Å². The molecule has 1 heterocycles. The molecule has 1 aliphatic heterocycles. The van der Waals surface area contributed by atoms with Crippen molar-refractivity contribution >= 4 is 17.8 Å². The molecule has 0 bridgehead atoms.